The monoisotopic (exact) mass is 546 g/mol. The second kappa shape index (κ2) is 10.9. The van der Waals surface area contributed by atoms with Crippen molar-refractivity contribution in [3.8, 4) is 0 Å². The molecule has 208 valence electrons. The Morgan fingerprint density at radius 2 is 1.79 bits per heavy atom. The smallest absolute Gasteiger partial charge is 0.407 e. The maximum absolute atomic E-state index is 15.7. The van der Waals surface area contributed by atoms with E-state index in [1.807, 2.05) is 64.1 Å². The predicted octanol–water partition coefficient (Wildman–Crippen LogP) is 5.71. The summed E-state index contributed by atoms with van der Waals surface area (Å²) in [6, 6.07) is 13.9. The van der Waals surface area contributed by atoms with Crippen molar-refractivity contribution >= 4 is 16.1 Å². The van der Waals surface area contributed by atoms with Crippen molar-refractivity contribution in [3.05, 3.63) is 71.0 Å². The molecule has 0 aromatic heterocycles. The highest BCUT2D eigenvalue weighted by atomic mass is 32.2. The lowest BCUT2D eigenvalue weighted by atomic mass is 9.73. The Bertz CT molecular complexity index is 1240. The number of rotatable bonds is 6. The van der Waals surface area contributed by atoms with Gasteiger partial charge in [-0.15, -0.1) is 0 Å². The maximum Gasteiger partial charge on any atom is 0.407 e. The van der Waals surface area contributed by atoms with E-state index in [0.29, 0.717) is 50.0 Å². The molecule has 1 amide bonds. The number of halogens is 1. The first-order valence-corrected chi connectivity index (χ1v) is 14.8. The molecule has 1 N–H and O–H groups in total. The highest BCUT2D eigenvalue weighted by Gasteiger charge is 2.42. The standard InChI is InChI=1S/C29H39FN2O5S/c1-21-10-13-26(22-8-6-5-7-9-22)38(35,36)32(21)19-23-11-12-24(18-25(23)30)29(14-16-37-17-15-29)20-31(27(33)34)28(2,3)4/h5-9,11-12,18,21,26H,10,13-17,19-20H2,1-4H3,(H,33,34)/t21-,26+/m0/s1. The topological polar surface area (TPSA) is 87.2 Å². The van der Waals surface area contributed by atoms with Crippen LogP contribution in [0, 0.1) is 5.82 Å². The molecule has 0 bridgehead atoms. The summed E-state index contributed by atoms with van der Waals surface area (Å²) in [6.07, 6.45) is 1.35. The number of hydrogen-bond donors (Lipinski definition) is 1. The lowest BCUT2D eigenvalue weighted by Crippen LogP contribution is -2.53. The van der Waals surface area contributed by atoms with Gasteiger partial charge in [0.05, 0.1) is 0 Å². The van der Waals surface area contributed by atoms with Gasteiger partial charge in [0.15, 0.2) is 0 Å². The normalized spacial score (nSPS) is 23.6. The predicted molar refractivity (Wildman–Crippen MR) is 145 cm³/mol. The van der Waals surface area contributed by atoms with Crippen LogP contribution >= 0.6 is 0 Å². The van der Waals surface area contributed by atoms with Gasteiger partial charge in [-0.3, -0.25) is 0 Å². The van der Waals surface area contributed by atoms with Crippen LogP contribution in [0.2, 0.25) is 0 Å². The van der Waals surface area contributed by atoms with Crippen LogP contribution < -0.4 is 0 Å². The number of benzene rings is 2. The number of nitrogens with zero attached hydrogens (tertiary/aromatic N) is 2. The van der Waals surface area contributed by atoms with Gasteiger partial charge in [0, 0.05) is 48.9 Å². The van der Waals surface area contributed by atoms with Crippen molar-refractivity contribution in [2.45, 2.75) is 82.2 Å². The van der Waals surface area contributed by atoms with Crippen LogP contribution in [0.15, 0.2) is 48.5 Å². The SMILES string of the molecule is C[C@H]1CC[C@H](c2ccccc2)S(=O)(=O)N1Cc1ccc(C2(CN(C(=O)O)C(C)(C)C)CCOCC2)cc1F. The van der Waals surface area contributed by atoms with Crippen molar-refractivity contribution in [3.63, 3.8) is 0 Å². The zero-order chi connectivity index (χ0) is 27.7. The van der Waals surface area contributed by atoms with Crippen LogP contribution in [-0.4, -0.2) is 60.2 Å². The molecule has 2 aliphatic heterocycles. The van der Waals surface area contributed by atoms with Gasteiger partial charge in [-0.2, -0.15) is 4.31 Å². The Labute approximate surface area is 225 Å². The molecule has 0 aliphatic carbocycles. The molecule has 2 heterocycles. The van der Waals surface area contributed by atoms with E-state index in [1.165, 1.54) is 15.3 Å². The van der Waals surface area contributed by atoms with Gasteiger partial charge >= 0.3 is 6.09 Å². The number of ether oxygens (including phenoxy) is 1. The quantitative estimate of drug-likeness (QED) is 0.502. The number of carboxylic acid groups (broad SMARTS) is 1. The Morgan fingerprint density at radius 3 is 2.37 bits per heavy atom. The summed E-state index contributed by atoms with van der Waals surface area (Å²) in [5, 5.41) is 9.27. The van der Waals surface area contributed by atoms with Crippen molar-refractivity contribution < 1.29 is 27.4 Å². The number of amides is 1. The average molecular weight is 547 g/mol. The summed E-state index contributed by atoms with van der Waals surface area (Å²) in [7, 11) is -3.69. The van der Waals surface area contributed by atoms with Crippen LogP contribution in [0.5, 0.6) is 0 Å². The van der Waals surface area contributed by atoms with Crippen molar-refractivity contribution in [2.24, 2.45) is 0 Å². The molecule has 0 saturated carbocycles. The fraction of sp³-hybridized carbons (Fsp3) is 0.552. The second-order valence-electron chi connectivity index (χ2n) is 11.7. The second-order valence-corrected chi connectivity index (χ2v) is 13.7. The minimum absolute atomic E-state index is 0.0434. The summed E-state index contributed by atoms with van der Waals surface area (Å²) in [4.78, 5) is 13.5. The van der Waals surface area contributed by atoms with E-state index in [1.54, 1.807) is 6.07 Å². The molecule has 0 radical (unpaired) electrons. The number of carbonyl (C=O) groups is 1. The first-order chi connectivity index (χ1) is 17.8. The summed E-state index contributed by atoms with van der Waals surface area (Å²) >= 11 is 0. The minimum atomic E-state index is -3.69. The fourth-order valence-corrected chi connectivity index (χ4v) is 7.91. The largest absolute Gasteiger partial charge is 0.465 e. The van der Waals surface area contributed by atoms with Crippen LogP contribution in [-0.2, 0) is 26.7 Å². The van der Waals surface area contributed by atoms with E-state index in [9.17, 15) is 18.3 Å². The minimum Gasteiger partial charge on any atom is -0.465 e. The van der Waals surface area contributed by atoms with E-state index in [2.05, 4.69) is 0 Å². The van der Waals surface area contributed by atoms with Gasteiger partial charge in [0.1, 0.15) is 11.1 Å². The Morgan fingerprint density at radius 1 is 1.13 bits per heavy atom. The molecule has 2 atom stereocenters. The lowest BCUT2D eigenvalue weighted by Gasteiger charge is -2.44. The van der Waals surface area contributed by atoms with Gasteiger partial charge in [-0.05, 0) is 70.6 Å². The molecule has 9 heteroatoms. The zero-order valence-corrected chi connectivity index (χ0v) is 23.5. The highest BCUT2D eigenvalue weighted by molar-refractivity contribution is 7.89. The molecule has 0 spiro atoms. The fourth-order valence-electron chi connectivity index (χ4n) is 5.72. The number of hydrogen-bond acceptors (Lipinski definition) is 4. The van der Waals surface area contributed by atoms with Gasteiger partial charge < -0.3 is 14.7 Å². The zero-order valence-electron chi connectivity index (χ0n) is 22.7. The molecular weight excluding hydrogens is 507 g/mol. The van der Waals surface area contributed by atoms with Crippen molar-refractivity contribution in [1.82, 2.24) is 9.21 Å². The molecule has 2 aromatic rings. The van der Waals surface area contributed by atoms with Crippen LogP contribution in [0.1, 0.15) is 75.3 Å². The summed E-state index contributed by atoms with van der Waals surface area (Å²) < 4.78 is 49.9. The molecule has 4 rings (SSSR count). The third-order valence-corrected chi connectivity index (χ3v) is 10.5. The molecular formula is C29H39FN2O5S. The molecule has 2 aromatic carbocycles. The maximum atomic E-state index is 15.7. The Hall–Kier alpha value is -2.49. The van der Waals surface area contributed by atoms with Gasteiger partial charge in [-0.25, -0.2) is 17.6 Å². The van der Waals surface area contributed by atoms with E-state index in [4.69, 9.17) is 4.74 Å². The van der Waals surface area contributed by atoms with Crippen LogP contribution in [0.3, 0.4) is 0 Å². The first-order valence-electron chi connectivity index (χ1n) is 13.3. The van der Waals surface area contributed by atoms with Crippen LogP contribution in [0.4, 0.5) is 9.18 Å². The molecule has 38 heavy (non-hydrogen) atoms. The van der Waals surface area contributed by atoms with Gasteiger partial charge in [-0.1, -0.05) is 42.5 Å². The molecule has 2 fully saturated rings. The van der Waals surface area contributed by atoms with E-state index in [-0.39, 0.29) is 19.1 Å². The van der Waals surface area contributed by atoms with Crippen LogP contribution in [0.25, 0.3) is 0 Å². The van der Waals surface area contributed by atoms with E-state index in [0.717, 1.165) is 5.56 Å². The average Bonchev–Trinajstić information content (AvgIpc) is 2.86. The molecule has 7 nitrogen and oxygen atoms in total. The summed E-state index contributed by atoms with van der Waals surface area (Å²) in [6.45, 7) is 8.52. The third-order valence-electron chi connectivity index (χ3n) is 8.14. The highest BCUT2D eigenvalue weighted by Crippen LogP contribution is 2.40. The summed E-state index contributed by atoms with van der Waals surface area (Å²) in [5.74, 6) is -0.477. The number of sulfonamides is 1. The molecule has 2 aliphatic rings. The third kappa shape index (κ3) is 5.75. The van der Waals surface area contributed by atoms with Gasteiger partial charge in [0.2, 0.25) is 10.0 Å². The van der Waals surface area contributed by atoms with E-state index >= 15 is 4.39 Å². The molecule has 0 unspecified atom stereocenters. The molecule has 2 saturated heterocycles. The van der Waals surface area contributed by atoms with E-state index < -0.39 is 38.1 Å². The lowest BCUT2D eigenvalue weighted by molar-refractivity contribution is 0.0186. The van der Waals surface area contributed by atoms with Crippen molar-refractivity contribution in [2.75, 3.05) is 19.8 Å². The summed E-state index contributed by atoms with van der Waals surface area (Å²) in [5.41, 5.74) is 0.569. The van der Waals surface area contributed by atoms with Gasteiger partial charge in [0.25, 0.3) is 0 Å². The first kappa shape index (κ1) is 28.5. The Kier molecular flexibility index (Phi) is 8.21. The van der Waals surface area contributed by atoms with Crippen molar-refractivity contribution in [1.29, 1.82) is 0 Å². The Balaban J connectivity index is 1.63.